The van der Waals surface area contributed by atoms with Gasteiger partial charge in [-0.15, -0.1) is 0 Å². The molecule has 0 spiro atoms. The Bertz CT molecular complexity index is 773. The number of hydrogen-bond donors (Lipinski definition) is 2. The summed E-state index contributed by atoms with van der Waals surface area (Å²) in [6.45, 7) is 2.00. The van der Waals surface area contributed by atoms with Crippen LogP contribution in [0.1, 0.15) is 12.0 Å². The molecule has 0 saturated carbocycles. The van der Waals surface area contributed by atoms with Crippen molar-refractivity contribution in [3.63, 3.8) is 0 Å². The second-order valence-corrected chi connectivity index (χ2v) is 8.13. The summed E-state index contributed by atoms with van der Waals surface area (Å²) in [6, 6.07) is 13.9. The summed E-state index contributed by atoms with van der Waals surface area (Å²) in [5.41, 5.74) is 7.16. The first-order valence-corrected chi connectivity index (χ1v) is 10.1. The Labute approximate surface area is 156 Å². The van der Waals surface area contributed by atoms with Gasteiger partial charge in [0.15, 0.2) is 0 Å². The average Bonchev–Trinajstić information content (AvgIpc) is 2.60. The molecule has 0 atom stereocenters. The van der Waals surface area contributed by atoms with Crippen LogP contribution in [0.15, 0.2) is 53.4 Å². The minimum atomic E-state index is -3.51. The maximum Gasteiger partial charge on any atom is 0.240 e. The monoisotopic (exact) mass is 377 g/mol. The van der Waals surface area contributed by atoms with Gasteiger partial charge in [-0.25, -0.2) is 13.1 Å². The van der Waals surface area contributed by atoms with Gasteiger partial charge in [-0.2, -0.15) is 0 Å². The molecule has 142 valence electrons. The predicted molar refractivity (Wildman–Crippen MR) is 105 cm³/mol. The fraction of sp³-hybridized carbons (Fsp3) is 0.368. The molecule has 2 aromatic rings. The minimum Gasteiger partial charge on any atom is -0.494 e. The highest BCUT2D eigenvalue weighted by atomic mass is 32.2. The van der Waals surface area contributed by atoms with E-state index in [1.807, 2.05) is 38.4 Å². The van der Waals surface area contributed by atoms with Gasteiger partial charge in [0.2, 0.25) is 10.0 Å². The summed E-state index contributed by atoms with van der Waals surface area (Å²) >= 11 is 0. The third kappa shape index (κ3) is 6.67. The zero-order valence-corrected chi connectivity index (χ0v) is 16.1. The molecule has 0 bridgehead atoms. The van der Waals surface area contributed by atoms with Crippen LogP contribution >= 0.6 is 0 Å². The fourth-order valence-corrected chi connectivity index (χ4v) is 3.42. The van der Waals surface area contributed by atoms with Crippen LogP contribution in [0.4, 0.5) is 5.69 Å². The van der Waals surface area contributed by atoms with E-state index < -0.39 is 10.0 Å². The first kappa shape index (κ1) is 20.2. The lowest BCUT2D eigenvalue weighted by Crippen LogP contribution is -2.26. The van der Waals surface area contributed by atoms with E-state index in [-0.39, 0.29) is 4.90 Å². The van der Waals surface area contributed by atoms with Crippen LogP contribution in [0.25, 0.3) is 0 Å². The molecule has 0 aromatic heterocycles. The van der Waals surface area contributed by atoms with Gasteiger partial charge in [0.05, 0.1) is 11.5 Å². The Kier molecular flexibility index (Phi) is 7.44. The summed E-state index contributed by atoms with van der Waals surface area (Å²) in [5.74, 6) is 0.829. The van der Waals surface area contributed by atoms with Crippen molar-refractivity contribution in [2.75, 3.05) is 39.5 Å². The molecular weight excluding hydrogens is 350 g/mol. The number of anilines is 1. The lowest BCUT2D eigenvalue weighted by molar-refractivity contribution is 0.281. The first-order chi connectivity index (χ1) is 12.4. The Balaban J connectivity index is 1.78. The number of nitrogen functional groups attached to an aromatic ring is 1. The van der Waals surface area contributed by atoms with Crippen molar-refractivity contribution in [2.24, 2.45) is 0 Å². The maximum absolute atomic E-state index is 12.2. The zero-order valence-electron chi connectivity index (χ0n) is 15.3. The van der Waals surface area contributed by atoms with Crippen LogP contribution in [0.3, 0.4) is 0 Å². The Morgan fingerprint density at radius 3 is 2.31 bits per heavy atom. The van der Waals surface area contributed by atoms with E-state index in [4.69, 9.17) is 10.5 Å². The number of nitrogens with two attached hydrogens (primary N) is 1. The molecule has 0 radical (unpaired) electrons. The number of rotatable bonds is 10. The summed E-state index contributed by atoms with van der Waals surface area (Å²) in [4.78, 5) is 2.34. The van der Waals surface area contributed by atoms with E-state index in [0.717, 1.165) is 24.3 Å². The molecule has 0 unspecified atom stereocenters. The van der Waals surface area contributed by atoms with Crippen molar-refractivity contribution in [3.8, 4) is 5.75 Å². The molecule has 26 heavy (non-hydrogen) atoms. The normalized spacial score (nSPS) is 11.7. The van der Waals surface area contributed by atoms with E-state index in [0.29, 0.717) is 25.3 Å². The summed E-state index contributed by atoms with van der Waals surface area (Å²) in [6.07, 6.45) is 1.58. The van der Waals surface area contributed by atoms with E-state index in [9.17, 15) is 8.42 Å². The Morgan fingerprint density at radius 1 is 1.04 bits per heavy atom. The Hall–Kier alpha value is -2.09. The number of ether oxygens (including phenoxy) is 1. The van der Waals surface area contributed by atoms with Gasteiger partial charge >= 0.3 is 0 Å². The highest BCUT2D eigenvalue weighted by Gasteiger charge is 2.12. The standard InChI is InChI=1S/C19H27N3O3S/c1-22(2)14-3-15-25-18-8-4-16(5-9-18)12-13-21-26(23,24)19-10-6-17(20)7-11-19/h4-11,21H,3,12-15,20H2,1-2H3. The quantitative estimate of drug-likeness (QED) is 0.489. The van der Waals surface area contributed by atoms with Gasteiger partial charge in [-0.3, -0.25) is 0 Å². The summed E-state index contributed by atoms with van der Waals surface area (Å²) in [5, 5.41) is 0. The summed E-state index contributed by atoms with van der Waals surface area (Å²) in [7, 11) is 0.564. The molecule has 6 nitrogen and oxygen atoms in total. The van der Waals surface area contributed by atoms with Crippen molar-refractivity contribution in [3.05, 3.63) is 54.1 Å². The van der Waals surface area contributed by atoms with Gasteiger partial charge < -0.3 is 15.4 Å². The number of nitrogens with zero attached hydrogens (tertiary/aromatic N) is 1. The largest absolute Gasteiger partial charge is 0.494 e. The molecule has 2 rings (SSSR count). The molecule has 0 aliphatic heterocycles. The van der Waals surface area contributed by atoms with E-state index in [2.05, 4.69) is 9.62 Å². The molecule has 0 amide bonds. The minimum absolute atomic E-state index is 0.216. The van der Waals surface area contributed by atoms with Crippen LogP contribution in [0.5, 0.6) is 5.75 Å². The van der Waals surface area contributed by atoms with Gasteiger partial charge in [0, 0.05) is 18.8 Å². The van der Waals surface area contributed by atoms with E-state index in [1.165, 1.54) is 12.1 Å². The van der Waals surface area contributed by atoms with Gasteiger partial charge in [-0.1, -0.05) is 12.1 Å². The predicted octanol–water partition coefficient (Wildman–Crippen LogP) is 2.12. The second kappa shape index (κ2) is 9.56. The zero-order chi connectivity index (χ0) is 19.0. The molecular formula is C19H27N3O3S. The lowest BCUT2D eigenvalue weighted by atomic mass is 10.1. The van der Waals surface area contributed by atoms with Crippen molar-refractivity contribution < 1.29 is 13.2 Å². The van der Waals surface area contributed by atoms with Crippen LogP contribution in [0.2, 0.25) is 0 Å². The third-order valence-corrected chi connectivity index (χ3v) is 5.31. The van der Waals surface area contributed by atoms with Crippen molar-refractivity contribution in [2.45, 2.75) is 17.7 Å². The van der Waals surface area contributed by atoms with Gasteiger partial charge in [-0.05, 0) is 68.9 Å². The lowest BCUT2D eigenvalue weighted by Gasteiger charge is -2.11. The highest BCUT2D eigenvalue weighted by Crippen LogP contribution is 2.14. The molecule has 0 aliphatic rings. The molecule has 2 aromatic carbocycles. The molecule has 0 saturated heterocycles. The SMILES string of the molecule is CN(C)CCCOc1ccc(CCNS(=O)(=O)c2ccc(N)cc2)cc1. The van der Waals surface area contributed by atoms with Crippen molar-refractivity contribution in [1.82, 2.24) is 9.62 Å². The fourth-order valence-electron chi connectivity index (χ4n) is 2.38. The summed E-state index contributed by atoms with van der Waals surface area (Å²) < 4.78 is 32.7. The van der Waals surface area contributed by atoms with Gasteiger partial charge in [0.1, 0.15) is 5.75 Å². The number of hydrogen-bond acceptors (Lipinski definition) is 5. The highest BCUT2D eigenvalue weighted by molar-refractivity contribution is 7.89. The first-order valence-electron chi connectivity index (χ1n) is 8.58. The third-order valence-electron chi connectivity index (χ3n) is 3.84. The maximum atomic E-state index is 12.2. The average molecular weight is 378 g/mol. The molecule has 0 fully saturated rings. The molecule has 3 N–H and O–H groups in total. The van der Waals surface area contributed by atoms with Crippen molar-refractivity contribution >= 4 is 15.7 Å². The molecule has 0 heterocycles. The van der Waals surface area contributed by atoms with Gasteiger partial charge in [0.25, 0.3) is 0 Å². The molecule has 0 aliphatic carbocycles. The van der Waals surface area contributed by atoms with Crippen molar-refractivity contribution in [1.29, 1.82) is 0 Å². The van der Waals surface area contributed by atoms with Crippen LogP contribution in [-0.4, -0.2) is 47.1 Å². The topological polar surface area (TPSA) is 84.7 Å². The van der Waals surface area contributed by atoms with Crippen LogP contribution in [0, 0.1) is 0 Å². The molecule has 7 heteroatoms. The number of sulfonamides is 1. The van der Waals surface area contributed by atoms with Crippen LogP contribution in [-0.2, 0) is 16.4 Å². The Morgan fingerprint density at radius 2 is 1.69 bits per heavy atom. The van der Waals surface area contributed by atoms with E-state index >= 15 is 0 Å². The smallest absolute Gasteiger partial charge is 0.240 e. The van der Waals surface area contributed by atoms with E-state index in [1.54, 1.807) is 12.1 Å². The second-order valence-electron chi connectivity index (χ2n) is 6.37. The van der Waals surface area contributed by atoms with Crippen LogP contribution < -0.4 is 15.2 Å². The number of benzene rings is 2. The number of nitrogens with one attached hydrogen (secondary N) is 1.